The number of fused-ring (bicyclic) bond motifs is 1. The average molecular weight is 293 g/mol. The molecule has 3 nitrogen and oxygen atoms in total. The van der Waals surface area contributed by atoms with Crippen LogP contribution in [0.2, 0.25) is 0 Å². The van der Waals surface area contributed by atoms with E-state index in [2.05, 4.69) is 0 Å². The number of allylic oxidation sites excluding steroid dienone is 1. The van der Waals surface area contributed by atoms with Crippen LogP contribution in [-0.4, -0.2) is 12.4 Å². The van der Waals surface area contributed by atoms with Crippen molar-refractivity contribution in [3.8, 4) is 11.8 Å². The first-order valence-corrected chi connectivity index (χ1v) is 7.22. The Kier molecular flexibility index (Phi) is 3.76. The Hall–Kier alpha value is -2.51. The number of nitrogens with zero attached hydrogens (tertiary/aromatic N) is 1. The highest BCUT2D eigenvalue weighted by Gasteiger charge is 2.24. The standard InChI is InChI=1S/C17H11NO2S/c18-8-9-20-13-5-3-4-12(10-13)11-16-17(19)14-6-1-2-7-15(14)21-16/h1-7,10-11H,9H2/b16-11+. The molecule has 2 aromatic rings. The minimum atomic E-state index is 0.0130. The molecule has 102 valence electrons. The van der Waals surface area contributed by atoms with Crippen LogP contribution in [0.3, 0.4) is 0 Å². The molecule has 0 atom stereocenters. The lowest BCUT2D eigenvalue weighted by Gasteiger charge is -2.02. The molecule has 3 rings (SSSR count). The fourth-order valence-electron chi connectivity index (χ4n) is 2.10. The Balaban J connectivity index is 1.87. The molecule has 0 fully saturated rings. The Morgan fingerprint density at radius 2 is 2.05 bits per heavy atom. The molecule has 0 bridgehead atoms. The van der Waals surface area contributed by atoms with Crippen molar-refractivity contribution in [1.29, 1.82) is 5.26 Å². The lowest BCUT2D eigenvalue weighted by atomic mass is 10.1. The lowest BCUT2D eigenvalue weighted by Crippen LogP contribution is -1.95. The minimum Gasteiger partial charge on any atom is -0.479 e. The molecule has 0 aromatic heterocycles. The number of hydrogen-bond acceptors (Lipinski definition) is 4. The van der Waals surface area contributed by atoms with Crippen LogP contribution >= 0.6 is 11.8 Å². The van der Waals surface area contributed by atoms with E-state index in [1.165, 1.54) is 11.8 Å². The van der Waals surface area contributed by atoms with Crippen LogP contribution in [0.5, 0.6) is 5.75 Å². The first kappa shape index (κ1) is 13.5. The number of rotatable bonds is 3. The van der Waals surface area contributed by atoms with E-state index in [1.807, 2.05) is 54.6 Å². The lowest BCUT2D eigenvalue weighted by molar-refractivity contribution is 0.104. The summed E-state index contributed by atoms with van der Waals surface area (Å²) in [6.07, 6.45) is 1.85. The predicted molar refractivity (Wildman–Crippen MR) is 82.2 cm³/mol. The minimum absolute atomic E-state index is 0.0130. The van der Waals surface area contributed by atoms with E-state index in [-0.39, 0.29) is 12.4 Å². The zero-order valence-corrected chi connectivity index (χ0v) is 11.9. The van der Waals surface area contributed by atoms with Crippen LogP contribution in [0, 0.1) is 11.3 Å². The average Bonchev–Trinajstić information content (AvgIpc) is 2.82. The number of benzene rings is 2. The third kappa shape index (κ3) is 2.83. The molecule has 21 heavy (non-hydrogen) atoms. The van der Waals surface area contributed by atoms with Crippen LogP contribution in [0.15, 0.2) is 58.3 Å². The number of Topliss-reactive ketones (excluding diaryl/α,β-unsaturated/α-hetero) is 1. The smallest absolute Gasteiger partial charge is 0.200 e. The van der Waals surface area contributed by atoms with Crippen molar-refractivity contribution in [3.05, 3.63) is 64.6 Å². The number of hydrogen-bond donors (Lipinski definition) is 0. The van der Waals surface area contributed by atoms with Gasteiger partial charge in [-0.2, -0.15) is 5.26 Å². The molecule has 0 aliphatic carbocycles. The van der Waals surface area contributed by atoms with Gasteiger partial charge in [-0.05, 0) is 35.9 Å². The second-order valence-electron chi connectivity index (χ2n) is 4.46. The van der Waals surface area contributed by atoms with Gasteiger partial charge in [0.05, 0.1) is 4.91 Å². The second-order valence-corrected chi connectivity index (χ2v) is 5.54. The summed E-state index contributed by atoms with van der Waals surface area (Å²) in [6.45, 7) is 0.0130. The topological polar surface area (TPSA) is 50.1 Å². The van der Waals surface area contributed by atoms with Crippen LogP contribution in [-0.2, 0) is 0 Å². The van der Waals surface area contributed by atoms with Gasteiger partial charge in [-0.15, -0.1) is 0 Å². The number of carbonyl (C=O) groups is 1. The van der Waals surface area contributed by atoms with E-state index < -0.39 is 0 Å². The number of ether oxygens (including phenoxy) is 1. The van der Waals surface area contributed by atoms with E-state index in [0.717, 1.165) is 16.0 Å². The van der Waals surface area contributed by atoms with Crippen molar-refractivity contribution in [2.24, 2.45) is 0 Å². The predicted octanol–water partition coefficient (Wildman–Crippen LogP) is 3.92. The number of nitriles is 1. The van der Waals surface area contributed by atoms with Crippen LogP contribution < -0.4 is 4.74 Å². The fraction of sp³-hybridized carbons (Fsp3) is 0.0588. The zero-order chi connectivity index (χ0) is 14.7. The van der Waals surface area contributed by atoms with Gasteiger partial charge in [0.1, 0.15) is 11.8 Å². The molecule has 1 aliphatic heterocycles. The highest BCUT2D eigenvalue weighted by atomic mass is 32.2. The van der Waals surface area contributed by atoms with Gasteiger partial charge in [-0.1, -0.05) is 36.0 Å². The van der Waals surface area contributed by atoms with Crippen molar-refractivity contribution in [2.75, 3.05) is 6.61 Å². The molecule has 4 heteroatoms. The molecule has 0 saturated carbocycles. The summed E-state index contributed by atoms with van der Waals surface area (Å²) >= 11 is 1.48. The van der Waals surface area contributed by atoms with E-state index in [1.54, 1.807) is 6.07 Å². The molecular formula is C17H11NO2S. The highest BCUT2D eigenvalue weighted by Crippen LogP contribution is 2.40. The van der Waals surface area contributed by atoms with Crippen molar-refractivity contribution >= 4 is 23.6 Å². The summed E-state index contributed by atoms with van der Waals surface area (Å²) in [5.41, 5.74) is 1.64. The van der Waals surface area contributed by atoms with Crippen molar-refractivity contribution < 1.29 is 9.53 Å². The van der Waals surface area contributed by atoms with Gasteiger partial charge in [0.2, 0.25) is 5.78 Å². The quantitative estimate of drug-likeness (QED) is 0.805. The third-order valence-electron chi connectivity index (χ3n) is 3.03. The van der Waals surface area contributed by atoms with Gasteiger partial charge in [0.15, 0.2) is 6.61 Å². The number of ketones is 1. The fourth-order valence-corrected chi connectivity index (χ4v) is 3.15. The summed E-state index contributed by atoms with van der Waals surface area (Å²) in [6, 6.07) is 16.9. The molecule has 0 saturated heterocycles. The normalized spacial score (nSPS) is 14.8. The van der Waals surface area contributed by atoms with Crippen LogP contribution in [0.1, 0.15) is 15.9 Å². The van der Waals surface area contributed by atoms with Crippen molar-refractivity contribution in [1.82, 2.24) is 0 Å². The Morgan fingerprint density at radius 1 is 1.19 bits per heavy atom. The number of carbonyl (C=O) groups excluding carboxylic acids is 1. The molecule has 0 unspecified atom stereocenters. The van der Waals surface area contributed by atoms with Gasteiger partial charge in [0, 0.05) is 10.5 Å². The first-order chi connectivity index (χ1) is 10.3. The summed E-state index contributed by atoms with van der Waals surface area (Å²) < 4.78 is 5.27. The third-order valence-corrected chi connectivity index (χ3v) is 4.13. The van der Waals surface area contributed by atoms with Crippen molar-refractivity contribution in [2.45, 2.75) is 4.90 Å². The van der Waals surface area contributed by atoms with Crippen molar-refractivity contribution in [3.63, 3.8) is 0 Å². The van der Waals surface area contributed by atoms with Crippen LogP contribution in [0.4, 0.5) is 0 Å². The van der Waals surface area contributed by atoms with E-state index in [0.29, 0.717) is 10.7 Å². The molecule has 0 spiro atoms. The maximum absolute atomic E-state index is 12.3. The molecule has 1 aliphatic rings. The summed E-state index contributed by atoms with van der Waals surface area (Å²) in [4.78, 5) is 14.0. The maximum Gasteiger partial charge on any atom is 0.200 e. The van der Waals surface area contributed by atoms with Gasteiger partial charge < -0.3 is 4.74 Å². The maximum atomic E-state index is 12.3. The Labute approximate surface area is 126 Å². The van der Waals surface area contributed by atoms with Gasteiger partial charge in [-0.25, -0.2) is 0 Å². The SMILES string of the molecule is N#CCOc1cccc(/C=C2/Sc3ccccc3C2=O)c1. The number of thioether (sulfide) groups is 1. The molecule has 0 N–H and O–H groups in total. The van der Waals surface area contributed by atoms with E-state index >= 15 is 0 Å². The molecule has 1 heterocycles. The summed E-state index contributed by atoms with van der Waals surface area (Å²) in [5, 5.41) is 8.53. The Bertz CT molecular complexity index is 774. The molecule has 0 amide bonds. The van der Waals surface area contributed by atoms with Gasteiger partial charge >= 0.3 is 0 Å². The molecule has 0 radical (unpaired) electrons. The van der Waals surface area contributed by atoms with Gasteiger partial charge in [-0.3, -0.25) is 4.79 Å². The monoisotopic (exact) mass is 293 g/mol. The van der Waals surface area contributed by atoms with Gasteiger partial charge in [0.25, 0.3) is 0 Å². The first-order valence-electron chi connectivity index (χ1n) is 6.41. The second kappa shape index (κ2) is 5.86. The Morgan fingerprint density at radius 3 is 2.86 bits per heavy atom. The van der Waals surface area contributed by atoms with E-state index in [4.69, 9.17) is 10.00 Å². The molecular weight excluding hydrogens is 282 g/mol. The van der Waals surface area contributed by atoms with Crippen LogP contribution in [0.25, 0.3) is 6.08 Å². The molecule has 2 aromatic carbocycles. The largest absolute Gasteiger partial charge is 0.479 e. The summed E-state index contributed by atoms with van der Waals surface area (Å²) in [5.74, 6) is 0.679. The highest BCUT2D eigenvalue weighted by molar-refractivity contribution is 8.04. The van der Waals surface area contributed by atoms with E-state index in [9.17, 15) is 4.79 Å². The zero-order valence-electron chi connectivity index (χ0n) is 11.1. The summed E-state index contributed by atoms with van der Waals surface area (Å²) in [7, 11) is 0.